The second-order valence-corrected chi connectivity index (χ2v) is 8.05. The molecule has 1 aromatic heterocycles. The number of aryl methyl sites for hydroxylation is 1. The van der Waals surface area contributed by atoms with Crippen molar-refractivity contribution in [2.24, 2.45) is 0 Å². The Bertz CT molecular complexity index is 1310. The predicted molar refractivity (Wildman–Crippen MR) is 116 cm³/mol. The number of carbonyl (C=O) groups is 1. The third kappa shape index (κ3) is 2.81. The van der Waals surface area contributed by atoms with Crippen molar-refractivity contribution in [3.63, 3.8) is 0 Å². The van der Waals surface area contributed by atoms with E-state index in [1.54, 1.807) is 29.2 Å². The number of hydrogen-bond acceptors (Lipinski definition) is 3. The Hall–Kier alpha value is -3.18. The van der Waals surface area contributed by atoms with E-state index in [1.807, 2.05) is 55.5 Å². The first-order valence-electron chi connectivity index (χ1n) is 9.26. The number of fused-ring (bicyclic) bond motifs is 2. The first-order chi connectivity index (χ1) is 14.0. The Morgan fingerprint density at radius 1 is 0.897 bits per heavy atom. The van der Waals surface area contributed by atoms with E-state index in [1.165, 1.54) is 0 Å². The fourth-order valence-corrected chi connectivity index (χ4v) is 4.12. The summed E-state index contributed by atoms with van der Waals surface area (Å²) in [5, 5.41) is 0.480. The van der Waals surface area contributed by atoms with Crippen molar-refractivity contribution in [1.29, 1.82) is 0 Å². The molecule has 0 fully saturated rings. The van der Waals surface area contributed by atoms with Crippen LogP contribution in [-0.2, 0) is 0 Å². The maximum absolute atomic E-state index is 13.4. The van der Waals surface area contributed by atoms with Gasteiger partial charge in [-0.05, 0) is 48.9 Å². The third-order valence-electron chi connectivity index (χ3n) is 5.28. The normalized spacial score (nSPS) is 15.7. The molecule has 5 rings (SSSR count). The molecule has 0 radical (unpaired) electrons. The highest BCUT2D eigenvalue weighted by Crippen LogP contribution is 2.41. The Morgan fingerprint density at radius 3 is 2.31 bits per heavy atom. The smallest absolute Gasteiger partial charge is 0.295 e. The first kappa shape index (κ1) is 17.9. The van der Waals surface area contributed by atoms with Gasteiger partial charge in [-0.25, -0.2) is 0 Å². The number of para-hydroxylation sites is 1. The minimum Gasteiger partial charge on any atom is -0.450 e. The van der Waals surface area contributed by atoms with Crippen LogP contribution in [0.3, 0.4) is 0 Å². The van der Waals surface area contributed by atoms with Crippen LogP contribution in [0.1, 0.15) is 33.3 Å². The number of amides is 1. The second kappa shape index (κ2) is 6.71. The number of anilines is 1. The van der Waals surface area contributed by atoms with Gasteiger partial charge in [-0.15, -0.1) is 0 Å². The van der Waals surface area contributed by atoms with Crippen molar-refractivity contribution in [1.82, 2.24) is 0 Å². The minimum atomic E-state index is -0.542. The SMILES string of the molecule is Cc1ccc(C2c3c(oc4ccccc4c3=O)C(=O)N2c2ccc(Br)cc2)cc1. The van der Waals surface area contributed by atoms with Gasteiger partial charge in [0.1, 0.15) is 5.58 Å². The molecule has 0 saturated carbocycles. The van der Waals surface area contributed by atoms with Crippen molar-refractivity contribution in [3.05, 3.63) is 110 Å². The van der Waals surface area contributed by atoms with Gasteiger partial charge in [-0.1, -0.05) is 57.9 Å². The van der Waals surface area contributed by atoms with Crippen molar-refractivity contribution < 1.29 is 9.21 Å². The molecule has 0 bridgehead atoms. The lowest BCUT2D eigenvalue weighted by atomic mass is 9.97. The molecule has 4 aromatic rings. The summed E-state index contributed by atoms with van der Waals surface area (Å²) >= 11 is 3.43. The van der Waals surface area contributed by atoms with E-state index < -0.39 is 6.04 Å². The third-order valence-corrected chi connectivity index (χ3v) is 5.80. The highest BCUT2D eigenvalue weighted by molar-refractivity contribution is 9.10. The summed E-state index contributed by atoms with van der Waals surface area (Å²) in [5.41, 5.74) is 3.33. The molecule has 142 valence electrons. The molecule has 0 spiro atoms. The molecule has 1 atom stereocenters. The molecule has 29 heavy (non-hydrogen) atoms. The van der Waals surface area contributed by atoms with E-state index >= 15 is 0 Å². The van der Waals surface area contributed by atoms with Crippen LogP contribution in [0.4, 0.5) is 5.69 Å². The highest BCUT2D eigenvalue weighted by atomic mass is 79.9. The zero-order chi connectivity index (χ0) is 20.1. The van der Waals surface area contributed by atoms with E-state index in [4.69, 9.17) is 4.42 Å². The van der Waals surface area contributed by atoms with Crippen molar-refractivity contribution in [2.45, 2.75) is 13.0 Å². The van der Waals surface area contributed by atoms with Crippen molar-refractivity contribution in [2.75, 3.05) is 4.90 Å². The molecule has 1 aliphatic rings. The molecular formula is C24H16BrNO3. The molecule has 0 N–H and O–H groups in total. The quantitative estimate of drug-likeness (QED) is 0.402. The standard InChI is InChI=1S/C24H16BrNO3/c1-14-6-8-15(9-7-14)21-20-22(27)18-4-2-3-5-19(18)29-23(20)24(28)26(21)17-12-10-16(25)11-13-17/h2-13,21H,1H3. The molecule has 0 saturated heterocycles. The average Bonchev–Trinajstić information content (AvgIpc) is 3.02. The number of carbonyl (C=O) groups excluding carboxylic acids is 1. The van der Waals surface area contributed by atoms with Gasteiger partial charge in [-0.3, -0.25) is 14.5 Å². The summed E-state index contributed by atoms with van der Waals surface area (Å²) in [6, 6.07) is 21.9. The number of benzene rings is 3. The lowest BCUT2D eigenvalue weighted by Crippen LogP contribution is -2.29. The Balaban J connectivity index is 1.81. The molecule has 1 amide bonds. The molecule has 1 aliphatic heterocycles. The minimum absolute atomic E-state index is 0.113. The summed E-state index contributed by atoms with van der Waals surface area (Å²) in [6.07, 6.45) is 0. The number of halogens is 1. The van der Waals surface area contributed by atoms with E-state index in [9.17, 15) is 9.59 Å². The van der Waals surface area contributed by atoms with Gasteiger partial charge in [0.2, 0.25) is 5.76 Å². The van der Waals surface area contributed by atoms with Crippen LogP contribution >= 0.6 is 15.9 Å². The fourth-order valence-electron chi connectivity index (χ4n) is 3.85. The maximum Gasteiger partial charge on any atom is 0.295 e. The predicted octanol–water partition coefficient (Wildman–Crippen LogP) is 5.61. The monoisotopic (exact) mass is 445 g/mol. The summed E-state index contributed by atoms with van der Waals surface area (Å²) in [7, 11) is 0. The molecule has 2 heterocycles. The lowest BCUT2D eigenvalue weighted by molar-refractivity contribution is 0.0971. The van der Waals surface area contributed by atoms with Gasteiger partial charge in [0.15, 0.2) is 5.43 Å². The molecule has 3 aromatic carbocycles. The topological polar surface area (TPSA) is 50.5 Å². The van der Waals surface area contributed by atoms with Crippen LogP contribution in [0.25, 0.3) is 11.0 Å². The van der Waals surface area contributed by atoms with E-state index in [-0.39, 0.29) is 17.1 Å². The Kier molecular flexibility index (Phi) is 4.14. The Morgan fingerprint density at radius 2 is 1.59 bits per heavy atom. The van der Waals surface area contributed by atoms with Gasteiger partial charge in [-0.2, -0.15) is 0 Å². The zero-order valence-corrected chi connectivity index (χ0v) is 17.1. The van der Waals surface area contributed by atoms with Gasteiger partial charge in [0, 0.05) is 10.2 Å². The summed E-state index contributed by atoms with van der Waals surface area (Å²) in [6.45, 7) is 2.01. The summed E-state index contributed by atoms with van der Waals surface area (Å²) in [4.78, 5) is 28.5. The van der Waals surface area contributed by atoms with E-state index in [0.29, 0.717) is 22.2 Å². The van der Waals surface area contributed by atoms with Gasteiger partial charge in [0.25, 0.3) is 5.91 Å². The van der Waals surface area contributed by atoms with Crippen molar-refractivity contribution in [3.8, 4) is 0 Å². The van der Waals surface area contributed by atoms with Crippen LogP contribution in [0.15, 0.2) is 86.5 Å². The average molecular weight is 446 g/mol. The van der Waals surface area contributed by atoms with Crippen LogP contribution in [0.5, 0.6) is 0 Å². The fraction of sp³-hybridized carbons (Fsp3) is 0.0833. The van der Waals surface area contributed by atoms with Crippen LogP contribution < -0.4 is 10.3 Å². The van der Waals surface area contributed by atoms with Crippen molar-refractivity contribution >= 4 is 38.5 Å². The van der Waals surface area contributed by atoms with E-state index in [2.05, 4.69) is 15.9 Å². The molecule has 5 heteroatoms. The van der Waals surface area contributed by atoms with Crippen LogP contribution in [-0.4, -0.2) is 5.91 Å². The number of rotatable bonds is 2. The second-order valence-electron chi connectivity index (χ2n) is 7.13. The van der Waals surface area contributed by atoms with Gasteiger partial charge in [0.05, 0.1) is 17.0 Å². The molecule has 4 nitrogen and oxygen atoms in total. The largest absolute Gasteiger partial charge is 0.450 e. The van der Waals surface area contributed by atoms with Crippen LogP contribution in [0.2, 0.25) is 0 Å². The molecular weight excluding hydrogens is 430 g/mol. The Labute approximate surface area is 175 Å². The van der Waals surface area contributed by atoms with E-state index in [0.717, 1.165) is 15.6 Å². The number of hydrogen-bond donors (Lipinski definition) is 0. The lowest BCUT2D eigenvalue weighted by Gasteiger charge is -2.25. The summed E-state index contributed by atoms with van der Waals surface area (Å²) in [5.74, 6) is -0.196. The zero-order valence-electron chi connectivity index (χ0n) is 15.6. The molecule has 0 aliphatic carbocycles. The summed E-state index contributed by atoms with van der Waals surface area (Å²) < 4.78 is 6.86. The highest BCUT2D eigenvalue weighted by Gasteiger charge is 2.43. The van der Waals surface area contributed by atoms with Crippen LogP contribution in [0, 0.1) is 6.92 Å². The maximum atomic E-state index is 13.4. The van der Waals surface area contributed by atoms with Gasteiger partial charge < -0.3 is 4.42 Å². The first-order valence-corrected chi connectivity index (χ1v) is 10.1. The van der Waals surface area contributed by atoms with Gasteiger partial charge >= 0.3 is 0 Å². The molecule has 1 unspecified atom stereocenters. The number of nitrogens with zero attached hydrogens (tertiary/aromatic N) is 1.